The Bertz CT molecular complexity index is 812. The Morgan fingerprint density at radius 1 is 1.00 bits per heavy atom. The van der Waals surface area contributed by atoms with Crippen LogP contribution in [0.3, 0.4) is 0 Å². The maximum absolute atomic E-state index is 6.31. The van der Waals surface area contributed by atoms with Crippen LogP contribution in [0.15, 0.2) is 60.8 Å². The molecule has 5 heteroatoms. The molecule has 0 fully saturated rings. The van der Waals surface area contributed by atoms with Crippen LogP contribution in [0.5, 0.6) is 5.75 Å². The minimum atomic E-state index is 0.634. The zero-order chi connectivity index (χ0) is 16.9. The fraction of sp³-hybridized carbons (Fsp3) is 0.158. The lowest BCUT2D eigenvalue weighted by Gasteiger charge is -2.12. The van der Waals surface area contributed by atoms with Crippen LogP contribution in [0.4, 0.5) is 0 Å². The molecule has 0 radical (unpaired) electrons. The third kappa shape index (κ3) is 3.93. The monoisotopic (exact) mass is 360 g/mol. The van der Waals surface area contributed by atoms with E-state index in [1.54, 1.807) is 13.2 Å². The van der Waals surface area contributed by atoms with Crippen LogP contribution in [-0.2, 0) is 13.1 Å². The minimum absolute atomic E-state index is 0.634. The second-order valence-corrected chi connectivity index (χ2v) is 6.26. The van der Waals surface area contributed by atoms with Gasteiger partial charge in [-0.15, -0.1) is 0 Å². The standard InChI is InChI=1S/C19H18Cl2N2O/c1-24-17-7-4-14(5-8-17)12-22-13-16-3-2-10-23(16)19-9-6-15(20)11-18(19)21/h2-11,22H,12-13H2,1H3. The van der Waals surface area contributed by atoms with Crippen molar-refractivity contribution in [1.82, 2.24) is 9.88 Å². The molecular weight excluding hydrogens is 343 g/mol. The van der Waals surface area contributed by atoms with Gasteiger partial charge in [-0.25, -0.2) is 0 Å². The van der Waals surface area contributed by atoms with Crippen molar-refractivity contribution in [2.24, 2.45) is 0 Å². The summed E-state index contributed by atoms with van der Waals surface area (Å²) in [7, 11) is 1.67. The number of methoxy groups -OCH3 is 1. The molecule has 3 aromatic rings. The van der Waals surface area contributed by atoms with Crippen molar-refractivity contribution < 1.29 is 4.74 Å². The van der Waals surface area contributed by atoms with Gasteiger partial charge in [0.2, 0.25) is 0 Å². The third-order valence-corrected chi connectivity index (χ3v) is 4.33. The second-order valence-electron chi connectivity index (χ2n) is 5.42. The summed E-state index contributed by atoms with van der Waals surface area (Å²) in [6.07, 6.45) is 2.00. The van der Waals surface area contributed by atoms with Crippen molar-refractivity contribution in [3.8, 4) is 11.4 Å². The number of benzene rings is 2. The van der Waals surface area contributed by atoms with Crippen LogP contribution in [0.1, 0.15) is 11.3 Å². The first-order chi connectivity index (χ1) is 11.7. The summed E-state index contributed by atoms with van der Waals surface area (Å²) in [6, 6.07) is 17.7. The Kier molecular flexibility index (Phi) is 5.46. The molecule has 0 saturated carbocycles. The summed E-state index contributed by atoms with van der Waals surface area (Å²) < 4.78 is 7.24. The van der Waals surface area contributed by atoms with E-state index in [1.165, 1.54) is 5.56 Å². The first-order valence-corrected chi connectivity index (χ1v) is 8.38. The molecule has 0 unspecified atom stereocenters. The smallest absolute Gasteiger partial charge is 0.118 e. The molecule has 0 aliphatic heterocycles. The number of aromatic nitrogens is 1. The largest absolute Gasteiger partial charge is 0.497 e. The summed E-state index contributed by atoms with van der Waals surface area (Å²) in [6.45, 7) is 1.52. The zero-order valence-corrected chi connectivity index (χ0v) is 14.8. The van der Waals surface area contributed by atoms with Crippen LogP contribution in [0.2, 0.25) is 10.0 Å². The van der Waals surface area contributed by atoms with Crippen molar-refractivity contribution in [3.63, 3.8) is 0 Å². The van der Waals surface area contributed by atoms with E-state index in [4.69, 9.17) is 27.9 Å². The lowest BCUT2D eigenvalue weighted by Crippen LogP contribution is -2.15. The Morgan fingerprint density at radius 2 is 1.79 bits per heavy atom. The Labute approximate surface area is 151 Å². The molecule has 2 aromatic carbocycles. The normalized spacial score (nSPS) is 10.8. The highest BCUT2D eigenvalue weighted by Gasteiger charge is 2.07. The van der Waals surface area contributed by atoms with E-state index in [1.807, 2.05) is 36.5 Å². The van der Waals surface area contributed by atoms with E-state index in [0.29, 0.717) is 10.0 Å². The molecule has 0 spiro atoms. The quantitative estimate of drug-likeness (QED) is 0.662. The van der Waals surface area contributed by atoms with E-state index in [0.717, 1.165) is 30.2 Å². The highest BCUT2D eigenvalue weighted by Crippen LogP contribution is 2.25. The van der Waals surface area contributed by atoms with E-state index in [9.17, 15) is 0 Å². The number of nitrogens with one attached hydrogen (secondary N) is 1. The SMILES string of the molecule is COc1ccc(CNCc2cccn2-c2ccc(Cl)cc2Cl)cc1. The number of nitrogens with zero attached hydrogens (tertiary/aromatic N) is 1. The van der Waals surface area contributed by atoms with Gasteiger partial charge in [-0.3, -0.25) is 0 Å². The first-order valence-electron chi connectivity index (χ1n) is 7.62. The number of hydrogen-bond donors (Lipinski definition) is 1. The van der Waals surface area contributed by atoms with E-state index < -0.39 is 0 Å². The Morgan fingerprint density at radius 3 is 2.50 bits per heavy atom. The van der Waals surface area contributed by atoms with Crippen molar-refractivity contribution in [3.05, 3.63) is 82.1 Å². The number of ether oxygens (including phenoxy) is 1. The van der Waals surface area contributed by atoms with Gasteiger partial charge in [-0.2, -0.15) is 0 Å². The fourth-order valence-electron chi connectivity index (χ4n) is 2.55. The average Bonchev–Trinajstić information content (AvgIpc) is 3.04. The van der Waals surface area contributed by atoms with Gasteiger partial charge in [0.05, 0.1) is 17.8 Å². The molecule has 0 saturated heterocycles. The van der Waals surface area contributed by atoms with Crippen LogP contribution in [-0.4, -0.2) is 11.7 Å². The fourth-order valence-corrected chi connectivity index (χ4v) is 3.05. The summed E-state index contributed by atoms with van der Waals surface area (Å²) in [5, 5.41) is 4.72. The molecule has 24 heavy (non-hydrogen) atoms. The molecule has 1 heterocycles. The van der Waals surface area contributed by atoms with Gasteiger partial charge in [0.25, 0.3) is 0 Å². The van der Waals surface area contributed by atoms with Crippen molar-refractivity contribution in [2.45, 2.75) is 13.1 Å². The topological polar surface area (TPSA) is 26.2 Å². The van der Waals surface area contributed by atoms with Gasteiger partial charge in [0, 0.05) is 30.0 Å². The lowest BCUT2D eigenvalue weighted by molar-refractivity contribution is 0.414. The van der Waals surface area contributed by atoms with E-state index >= 15 is 0 Å². The van der Waals surface area contributed by atoms with Gasteiger partial charge in [0.1, 0.15) is 5.75 Å². The number of hydrogen-bond acceptors (Lipinski definition) is 2. The maximum atomic E-state index is 6.31. The number of rotatable bonds is 6. The lowest BCUT2D eigenvalue weighted by atomic mass is 10.2. The minimum Gasteiger partial charge on any atom is -0.497 e. The van der Waals surface area contributed by atoms with Crippen LogP contribution >= 0.6 is 23.2 Å². The summed E-state index contributed by atoms with van der Waals surface area (Å²) >= 11 is 12.3. The molecule has 0 bridgehead atoms. The van der Waals surface area contributed by atoms with Gasteiger partial charge < -0.3 is 14.6 Å². The van der Waals surface area contributed by atoms with Gasteiger partial charge in [-0.1, -0.05) is 35.3 Å². The average molecular weight is 361 g/mol. The third-order valence-electron chi connectivity index (χ3n) is 3.80. The molecule has 0 aliphatic rings. The highest BCUT2D eigenvalue weighted by molar-refractivity contribution is 6.35. The summed E-state index contributed by atoms with van der Waals surface area (Å²) in [4.78, 5) is 0. The van der Waals surface area contributed by atoms with Crippen molar-refractivity contribution in [1.29, 1.82) is 0 Å². The van der Waals surface area contributed by atoms with Gasteiger partial charge >= 0.3 is 0 Å². The molecule has 3 nitrogen and oxygen atoms in total. The van der Waals surface area contributed by atoms with Crippen molar-refractivity contribution in [2.75, 3.05) is 7.11 Å². The molecule has 124 valence electrons. The first kappa shape index (κ1) is 16.9. The molecule has 1 aromatic heterocycles. The van der Waals surface area contributed by atoms with E-state index in [-0.39, 0.29) is 0 Å². The molecule has 0 atom stereocenters. The molecule has 1 N–H and O–H groups in total. The van der Waals surface area contributed by atoms with Gasteiger partial charge in [-0.05, 0) is 48.0 Å². The maximum Gasteiger partial charge on any atom is 0.118 e. The van der Waals surface area contributed by atoms with Crippen LogP contribution in [0, 0.1) is 0 Å². The molecule has 0 aliphatic carbocycles. The van der Waals surface area contributed by atoms with Crippen LogP contribution in [0.25, 0.3) is 5.69 Å². The van der Waals surface area contributed by atoms with Crippen molar-refractivity contribution >= 4 is 23.2 Å². The molecule has 3 rings (SSSR count). The predicted octanol–water partition coefficient (Wildman–Crippen LogP) is 5.08. The predicted molar refractivity (Wildman–Crippen MR) is 99.3 cm³/mol. The summed E-state index contributed by atoms with van der Waals surface area (Å²) in [5.74, 6) is 0.866. The highest BCUT2D eigenvalue weighted by atomic mass is 35.5. The van der Waals surface area contributed by atoms with Crippen LogP contribution < -0.4 is 10.1 Å². The van der Waals surface area contributed by atoms with Gasteiger partial charge in [0.15, 0.2) is 0 Å². The number of halogens is 2. The second kappa shape index (κ2) is 7.75. The Balaban J connectivity index is 1.67. The zero-order valence-electron chi connectivity index (χ0n) is 13.3. The molecule has 0 amide bonds. The van der Waals surface area contributed by atoms with E-state index in [2.05, 4.69) is 28.1 Å². The Hall–Kier alpha value is -1.94. The summed E-state index contributed by atoms with van der Waals surface area (Å²) in [5.41, 5.74) is 3.26. The molecular formula is C19H18Cl2N2O.